The minimum atomic E-state index is -0.230. The Morgan fingerprint density at radius 1 is 1.09 bits per heavy atom. The number of amides is 1. The fourth-order valence-electron chi connectivity index (χ4n) is 3.68. The molecule has 0 saturated carbocycles. The summed E-state index contributed by atoms with van der Waals surface area (Å²) in [6.07, 6.45) is 0. The smallest absolute Gasteiger partial charge is 0.262 e. The number of methoxy groups -OCH3 is 1. The van der Waals surface area contributed by atoms with E-state index in [1.165, 1.54) is 11.8 Å². The van der Waals surface area contributed by atoms with Gasteiger partial charge in [-0.05, 0) is 42.0 Å². The van der Waals surface area contributed by atoms with Crippen molar-refractivity contribution >= 4 is 34.3 Å². The van der Waals surface area contributed by atoms with E-state index in [-0.39, 0.29) is 30.6 Å². The molecule has 34 heavy (non-hydrogen) atoms. The molecule has 1 aliphatic rings. The largest absolute Gasteiger partial charge is 0.495 e. The van der Waals surface area contributed by atoms with Gasteiger partial charge in [0.15, 0.2) is 16.7 Å². The Bertz CT molecular complexity index is 1440. The first-order valence-electron chi connectivity index (χ1n) is 10.6. The predicted molar refractivity (Wildman–Crippen MR) is 130 cm³/mol. The SMILES string of the molecule is COc1ccccc1NC(=O)CSc1nc2ccccc2c(=O)n1Cc1ccc2c(c1)OCO2. The molecule has 1 aliphatic heterocycles. The lowest BCUT2D eigenvalue weighted by Crippen LogP contribution is -2.25. The van der Waals surface area contributed by atoms with Crippen LogP contribution >= 0.6 is 11.8 Å². The molecule has 172 valence electrons. The third-order valence-corrected chi connectivity index (χ3v) is 6.29. The lowest BCUT2D eigenvalue weighted by atomic mass is 10.2. The van der Waals surface area contributed by atoms with Crippen LogP contribution in [0.4, 0.5) is 5.69 Å². The minimum Gasteiger partial charge on any atom is -0.495 e. The number of aromatic nitrogens is 2. The molecule has 5 rings (SSSR count). The fraction of sp³-hybridized carbons (Fsp3) is 0.160. The normalized spacial score (nSPS) is 12.0. The number of benzene rings is 3. The van der Waals surface area contributed by atoms with E-state index in [1.807, 2.05) is 42.5 Å². The highest BCUT2D eigenvalue weighted by Crippen LogP contribution is 2.33. The van der Waals surface area contributed by atoms with Crippen LogP contribution in [0.25, 0.3) is 10.9 Å². The molecular formula is C25H21N3O5S. The van der Waals surface area contributed by atoms with E-state index in [9.17, 15) is 9.59 Å². The first-order valence-corrected chi connectivity index (χ1v) is 11.5. The van der Waals surface area contributed by atoms with E-state index in [1.54, 1.807) is 35.9 Å². The van der Waals surface area contributed by atoms with E-state index in [4.69, 9.17) is 14.2 Å². The van der Waals surface area contributed by atoms with Crippen LogP contribution in [0.2, 0.25) is 0 Å². The summed E-state index contributed by atoms with van der Waals surface area (Å²) in [5.41, 5.74) is 1.86. The van der Waals surface area contributed by atoms with Crippen LogP contribution in [0, 0.1) is 0 Å². The van der Waals surface area contributed by atoms with Crippen LogP contribution in [0.1, 0.15) is 5.56 Å². The molecule has 2 heterocycles. The number of fused-ring (bicyclic) bond motifs is 2. The van der Waals surface area contributed by atoms with Crippen molar-refractivity contribution in [1.82, 2.24) is 9.55 Å². The third kappa shape index (κ3) is 4.42. The van der Waals surface area contributed by atoms with Gasteiger partial charge in [0.25, 0.3) is 5.56 Å². The average molecular weight is 476 g/mol. The van der Waals surface area contributed by atoms with Crippen molar-refractivity contribution in [1.29, 1.82) is 0 Å². The summed E-state index contributed by atoms with van der Waals surface area (Å²) in [6.45, 7) is 0.461. The molecule has 0 saturated heterocycles. The van der Waals surface area contributed by atoms with Crippen LogP contribution in [0.3, 0.4) is 0 Å². The Hall–Kier alpha value is -3.98. The Labute approximate surface area is 199 Å². The van der Waals surface area contributed by atoms with Crippen molar-refractivity contribution < 1.29 is 19.0 Å². The lowest BCUT2D eigenvalue weighted by molar-refractivity contribution is -0.113. The predicted octanol–water partition coefficient (Wildman–Crippen LogP) is 3.91. The van der Waals surface area contributed by atoms with Crippen LogP contribution in [0.15, 0.2) is 76.7 Å². The van der Waals surface area contributed by atoms with Crippen molar-refractivity contribution in [2.24, 2.45) is 0 Å². The summed E-state index contributed by atoms with van der Waals surface area (Å²) >= 11 is 1.20. The summed E-state index contributed by atoms with van der Waals surface area (Å²) in [5, 5.41) is 3.83. The number of nitrogens with one attached hydrogen (secondary N) is 1. The zero-order chi connectivity index (χ0) is 23.5. The zero-order valence-electron chi connectivity index (χ0n) is 18.3. The molecule has 0 unspecified atom stereocenters. The molecule has 0 bridgehead atoms. The molecule has 0 aliphatic carbocycles. The van der Waals surface area contributed by atoms with Crippen LogP contribution < -0.4 is 25.1 Å². The van der Waals surface area contributed by atoms with Gasteiger partial charge in [-0.25, -0.2) is 4.98 Å². The van der Waals surface area contributed by atoms with Gasteiger partial charge in [0, 0.05) is 0 Å². The van der Waals surface area contributed by atoms with E-state index >= 15 is 0 Å². The molecule has 3 aromatic carbocycles. The second-order valence-electron chi connectivity index (χ2n) is 7.53. The maximum atomic E-state index is 13.3. The first-order chi connectivity index (χ1) is 16.6. The van der Waals surface area contributed by atoms with Crippen molar-refractivity contribution in [3.8, 4) is 17.2 Å². The summed E-state index contributed by atoms with van der Waals surface area (Å²) < 4.78 is 17.7. The van der Waals surface area contributed by atoms with Crippen molar-refractivity contribution in [2.45, 2.75) is 11.7 Å². The quantitative estimate of drug-likeness (QED) is 0.320. The highest BCUT2D eigenvalue weighted by molar-refractivity contribution is 7.99. The van der Waals surface area contributed by atoms with Gasteiger partial charge in [-0.2, -0.15) is 0 Å². The fourth-order valence-corrected chi connectivity index (χ4v) is 4.48. The summed E-state index contributed by atoms with van der Waals surface area (Å²) in [6, 6.07) is 19.9. The van der Waals surface area contributed by atoms with E-state index in [2.05, 4.69) is 10.3 Å². The Morgan fingerprint density at radius 2 is 1.88 bits per heavy atom. The Kier molecular flexibility index (Phi) is 6.09. The molecule has 4 aromatic rings. The molecule has 0 fully saturated rings. The number of nitrogens with zero attached hydrogens (tertiary/aromatic N) is 2. The van der Waals surface area contributed by atoms with E-state index in [0.717, 1.165) is 5.56 Å². The number of carbonyl (C=O) groups is 1. The van der Waals surface area contributed by atoms with Gasteiger partial charge in [-0.15, -0.1) is 0 Å². The van der Waals surface area contributed by atoms with Gasteiger partial charge < -0.3 is 19.5 Å². The number of hydrogen-bond donors (Lipinski definition) is 1. The van der Waals surface area contributed by atoms with Gasteiger partial charge in [0.2, 0.25) is 12.7 Å². The number of anilines is 1. The monoisotopic (exact) mass is 475 g/mol. The third-order valence-electron chi connectivity index (χ3n) is 5.32. The summed E-state index contributed by atoms with van der Waals surface area (Å²) in [4.78, 5) is 30.7. The molecule has 0 atom stereocenters. The molecule has 0 radical (unpaired) electrons. The Balaban J connectivity index is 1.42. The number of rotatable bonds is 7. The van der Waals surface area contributed by atoms with Crippen molar-refractivity contribution in [3.05, 3.63) is 82.6 Å². The summed E-state index contributed by atoms with van der Waals surface area (Å²) in [7, 11) is 1.55. The molecular weight excluding hydrogens is 454 g/mol. The van der Waals surface area contributed by atoms with Crippen molar-refractivity contribution in [2.75, 3.05) is 25.0 Å². The minimum absolute atomic E-state index is 0.0734. The molecule has 1 amide bonds. The molecule has 1 N–H and O–H groups in total. The topological polar surface area (TPSA) is 91.7 Å². The highest BCUT2D eigenvalue weighted by Gasteiger charge is 2.17. The lowest BCUT2D eigenvalue weighted by Gasteiger charge is -2.14. The van der Waals surface area contributed by atoms with Gasteiger partial charge in [0.05, 0.1) is 36.0 Å². The zero-order valence-corrected chi connectivity index (χ0v) is 19.1. The number of para-hydroxylation sites is 3. The van der Waals surface area contributed by atoms with E-state index < -0.39 is 0 Å². The number of ether oxygens (including phenoxy) is 3. The number of hydrogen-bond acceptors (Lipinski definition) is 7. The van der Waals surface area contributed by atoms with Crippen LogP contribution in [-0.2, 0) is 11.3 Å². The second-order valence-corrected chi connectivity index (χ2v) is 8.47. The Morgan fingerprint density at radius 3 is 2.76 bits per heavy atom. The van der Waals surface area contributed by atoms with Gasteiger partial charge in [-0.3, -0.25) is 14.2 Å². The highest BCUT2D eigenvalue weighted by atomic mass is 32.2. The first kappa shape index (κ1) is 21.8. The van der Waals surface area contributed by atoms with Gasteiger partial charge >= 0.3 is 0 Å². The molecule has 8 nitrogen and oxygen atoms in total. The van der Waals surface area contributed by atoms with Crippen molar-refractivity contribution in [3.63, 3.8) is 0 Å². The maximum Gasteiger partial charge on any atom is 0.262 e. The average Bonchev–Trinajstić information content (AvgIpc) is 3.33. The number of carbonyl (C=O) groups excluding carboxylic acids is 1. The second kappa shape index (κ2) is 9.48. The maximum absolute atomic E-state index is 13.3. The summed E-state index contributed by atoms with van der Waals surface area (Å²) in [5.74, 6) is 1.74. The van der Waals surface area contributed by atoms with Crippen LogP contribution in [0.5, 0.6) is 17.2 Å². The van der Waals surface area contributed by atoms with Crippen LogP contribution in [-0.4, -0.2) is 35.1 Å². The standard InChI is InChI=1S/C25H21N3O5S/c1-31-20-9-5-4-8-19(20)26-23(29)14-34-25-27-18-7-3-2-6-17(18)24(30)28(25)13-16-10-11-21-22(12-16)33-15-32-21/h2-12H,13-15H2,1H3,(H,26,29). The molecule has 9 heteroatoms. The van der Waals surface area contributed by atoms with E-state index in [0.29, 0.717) is 39.0 Å². The molecule has 1 aromatic heterocycles. The van der Waals surface area contributed by atoms with Gasteiger partial charge in [0.1, 0.15) is 5.75 Å². The number of thioether (sulfide) groups is 1. The molecule has 0 spiro atoms. The van der Waals surface area contributed by atoms with Gasteiger partial charge in [-0.1, -0.05) is 42.1 Å².